The minimum absolute atomic E-state index is 0.0243. The standard InChI is InChI=1S/C23H27FN2O6S/c1-16(27)17-4-6-21(20(24)14-17)25-8-10-26(11-9-25)23(28)19-15-18(33(3,29)30)5-7-22(19)32-13-12-31-2/h4-7,14-15H,8-13H2,1-3H3. The first-order valence-electron chi connectivity index (χ1n) is 10.4. The molecule has 1 saturated heterocycles. The molecule has 1 aliphatic heterocycles. The lowest BCUT2D eigenvalue weighted by Crippen LogP contribution is -2.49. The molecule has 0 aliphatic carbocycles. The van der Waals surface area contributed by atoms with Gasteiger partial charge in [0.15, 0.2) is 15.6 Å². The molecule has 178 valence electrons. The summed E-state index contributed by atoms with van der Waals surface area (Å²) in [4.78, 5) is 28.1. The van der Waals surface area contributed by atoms with E-state index in [1.807, 2.05) is 4.90 Å². The van der Waals surface area contributed by atoms with E-state index in [2.05, 4.69) is 0 Å². The Morgan fingerprint density at radius 2 is 1.73 bits per heavy atom. The molecule has 0 atom stereocenters. The molecular weight excluding hydrogens is 451 g/mol. The fourth-order valence-electron chi connectivity index (χ4n) is 3.57. The second-order valence-electron chi connectivity index (χ2n) is 7.77. The Balaban J connectivity index is 1.77. The molecule has 10 heteroatoms. The summed E-state index contributed by atoms with van der Waals surface area (Å²) in [5.41, 5.74) is 0.825. The molecule has 8 nitrogen and oxygen atoms in total. The van der Waals surface area contributed by atoms with Gasteiger partial charge in [-0.2, -0.15) is 0 Å². The third-order valence-electron chi connectivity index (χ3n) is 5.42. The van der Waals surface area contributed by atoms with Crippen LogP contribution in [0, 0.1) is 5.82 Å². The molecule has 0 saturated carbocycles. The van der Waals surface area contributed by atoms with Crippen LogP contribution in [0.25, 0.3) is 0 Å². The van der Waals surface area contributed by atoms with E-state index in [1.165, 1.54) is 38.3 Å². The Hall–Kier alpha value is -2.98. The lowest BCUT2D eigenvalue weighted by molar-refractivity contribution is 0.0739. The van der Waals surface area contributed by atoms with Gasteiger partial charge in [0, 0.05) is 45.1 Å². The zero-order valence-electron chi connectivity index (χ0n) is 18.8. The Kier molecular flexibility index (Phi) is 7.70. The Morgan fingerprint density at radius 3 is 2.30 bits per heavy atom. The maximum absolute atomic E-state index is 14.5. The number of halogens is 1. The first-order chi connectivity index (χ1) is 15.6. The van der Waals surface area contributed by atoms with Gasteiger partial charge in [-0.1, -0.05) is 0 Å². The van der Waals surface area contributed by atoms with Crippen molar-refractivity contribution in [3.63, 3.8) is 0 Å². The van der Waals surface area contributed by atoms with Crippen molar-refractivity contribution in [3.8, 4) is 5.75 Å². The minimum atomic E-state index is -3.52. The maximum atomic E-state index is 14.5. The number of ketones is 1. The second kappa shape index (κ2) is 10.3. The van der Waals surface area contributed by atoms with Crippen LogP contribution in [-0.2, 0) is 14.6 Å². The largest absolute Gasteiger partial charge is 0.490 e. The lowest BCUT2D eigenvalue weighted by Gasteiger charge is -2.36. The second-order valence-corrected chi connectivity index (χ2v) is 9.79. The van der Waals surface area contributed by atoms with Crippen LogP contribution in [0.2, 0.25) is 0 Å². The van der Waals surface area contributed by atoms with Gasteiger partial charge in [0.1, 0.15) is 18.2 Å². The molecule has 0 unspecified atom stereocenters. The zero-order chi connectivity index (χ0) is 24.2. The highest BCUT2D eigenvalue weighted by molar-refractivity contribution is 7.90. The number of anilines is 1. The van der Waals surface area contributed by atoms with Gasteiger partial charge in [0.05, 0.1) is 22.8 Å². The Labute approximate surface area is 192 Å². The van der Waals surface area contributed by atoms with E-state index >= 15 is 0 Å². The van der Waals surface area contributed by atoms with Crippen molar-refractivity contribution in [1.29, 1.82) is 0 Å². The molecule has 0 aromatic heterocycles. The molecule has 1 aliphatic rings. The average Bonchev–Trinajstić information content (AvgIpc) is 2.78. The molecule has 1 amide bonds. The fourth-order valence-corrected chi connectivity index (χ4v) is 4.22. The molecular formula is C23H27FN2O6S. The first kappa shape index (κ1) is 24.7. The number of piperazine rings is 1. The summed E-state index contributed by atoms with van der Waals surface area (Å²) >= 11 is 0. The van der Waals surface area contributed by atoms with Crippen LogP contribution < -0.4 is 9.64 Å². The zero-order valence-corrected chi connectivity index (χ0v) is 19.7. The molecule has 3 rings (SSSR count). The smallest absolute Gasteiger partial charge is 0.257 e. The number of hydrogen-bond donors (Lipinski definition) is 0. The van der Waals surface area contributed by atoms with Gasteiger partial charge in [-0.05, 0) is 43.3 Å². The van der Waals surface area contributed by atoms with Crippen LogP contribution in [0.15, 0.2) is 41.3 Å². The number of rotatable bonds is 8. The predicted molar refractivity (Wildman–Crippen MR) is 121 cm³/mol. The van der Waals surface area contributed by atoms with Crippen molar-refractivity contribution >= 4 is 27.2 Å². The fraction of sp³-hybridized carbons (Fsp3) is 0.391. The van der Waals surface area contributed by atoms with Crippen molar-refractivity contribution < 1.29 is 31.9 Å². The first-order valence-corrected chi connectivity index (χ1v) is 12.3. The number of methoxy groups -OCH3 is 1. The number of carbonyl (C=O) groups is 2. The molecule has 2 aromatic rings. The number of ether oxygens (including phenoxy) is 2. The topological polar surface area (TPSA) is 93.2 Å². The van der Waals surface area contributed by atoms with Gasteiger partial charge < -0.3 is 19.3 Å². The van der Waals surface area contributed by atoms with Crippen LogP contribution in [-0.4, -0.2) is 77.8 Å². The van der Waals surface area contributed by atoms with Gasteiger partial charge >= 0.3 is 0 Å². The number of nitrogens with zero attached hydrogens (tertiary/aromatic N) is 2. The highest BCUT2D eigenvalue weighted by Crippen LogP contribution is 2.27. The highest BCUT2D eigenvalue weighted by atomic mass is 32.2. The molecule has 0 radical (unpaired) electrons. The van der Waals surface area contributed by atoms with Crippen LogP contribution >= 0.6 is 0 Å². The van der Waals surface area contributed by atoms with E-state index in [9.17, 15) is 22.4 Å². The SMILES string of the molecule is COCCOc1ccc(S(C)(=O)=O)cc1C(=O)N1CCN(c2ccc(C(C)=O)cc2F)CC1. The van der Waals surface area contributed by atoms with E-state index in [0.29, 0.717) is 44.0 Å². The van der Waals surface area contributed by atoms with Crippen molar-refractivity contribution in [3.05, 3.63) is 53.3 Å². The average molecular weight is 479 g/mol. The van der Waals surface area contributed by atoms with Crippen molar-refractivity contribution in [2.45, 2.75) is 11.8 Å². The Morgan fingerprint density at radius 1 is 1.03 bits per heavy atom. The van der Waals surface area contributed by atoms with Crippen molar-refractivity contribution in [2.75, 3.05) is 57.7 Å². The summed E-state index contributed by atoms with van der Waals surface area (Å²) in [5, 5.41) is 0. The number of benzene rings is 2. The van der Waals surface area contributed by atoms with Gasteiger partial charge in [-0.15, -0.1) is 0 Å². The molecule has 2 aromatic carbocycles. The summed E-state index contributed by atoms with van der Waals surface area (Å²) in [6.45, 7) is 3.29. The van der Waals surface area contributed by atoms with Crippen molar-refractivity contribution in [2.24, 2.45) is 0 Å². The summed E-state index contributed by atoms with van der Waals surface area (Å²) in [6.07, 6.45) is 1.08. The Bertz CT molecular complexity index is 1140. The minimum Gasteiger partial charge on any atom is -0.490 e. The lowest BCUT2D eigenvalue weighted by atomic mass is 10.1. The van der Waals surface area contributed by atoms with Crippen molar-refractivity contribution in [1.82, 2.24) is 4.90 Å². The van der Waals surface area contributed by atoms with Gasteiger partial charge in [-0.3, -0.25) is 9.59 Å². The quantitative estimate of drug-likeness (QED) is 0.425. The number of sulfone groups is 1. The van der Waals surface area contributed by atoms with Gasteiger partial charge in [-0.25, -0.2) is 12.8 Å². The van der Waals surface area contributed by atoms with E-state index < -0.39 is 15.7 Å². The number of amides is 1. The molecule has 1 heterocycles. The van der Waals surface area contributed by atoms with E-state index in [-0.39, 0.29) is 34.5 Å². The van der Waals surface area contributed by atoms with Gasteiger partial charge in [0.2, 0.25) is 0 Å². The number of Topliss-reactive ketones (excluding diaryl/α,β-unsaturated/α-hetero) is 1. The molecule has 0 spiro atoms. The summed E-state index contributed by atoms with van der Waals surface area (Å²) in [6, 6.07) is 8.57. The van der Waals surface area contributed by atoms with E-state index in [1.54, 1.807) is 17.0 Å². The number of hydrogen-bond acceptors (Lipinski definition) is 7. The van der Waals surface area contributed by atoms with E-state index in [4.69, 9.17) is 9.47 Å². The van der Waals surface area contributed by atoms with Crippen LogP contribution in [0.4, 0.5) is 10.1 Å². The monoisotopic (exact) mass is 478 g/mol. The number of carbonyl (C=O) groups excluding carboxylic acids is 2. The van der Waals surface area contributed by atoms with Crippen LogP contribution in [0.3, 0.4) is 0 Å². The molecule has 0 N–H and O–H groups in total. The highest BCUT2D eigenvalue weighted by Gasteiger charge is 2.27. The normalized spacial score (nSPS) is 14.3. The molecule has 0 bridgehead atoms. The summed E-state index contributed by atoms with van der Waals surface area (Å²) < 4.78 is 49.1. The predicted octanol–water partition coefficient (Wildman–Crippen LogP) is 2.42. The summed E-state index contributed by atoms with van der Waals surface area (Å²) in [7, 11) is -1.99. The van der Waals surface area contributed by atoms with Crippen LogP contribution in [0.5, 0.6) is 5.75 Å². The van der Waals surface area contributed by atoms with Gasteiger partial charge in [0.25, 0.3) is 5.91 Å². The molecule has 33 heavy (non-hydrogen) atoms. The van der Waals surface area contributed by atoms with E-state index in [0.717, 1.165) is 6.26 Å². The maximum Gasteiger partial charge on any atom is 0.257 e. The third kappa shape index (κ3) is 5.88. The molecule has 1 fully saturated rings. The third-order valence-corrected chi connectivity index (χ3v) is 6.53. The summed E-state index contributed by atoms with van der Waals surface area (Å²) in [5.74, 6) is -0.786. The van der Waals surface area contributed by atoms with Crippen LogP contribution in [0.1, 0.15) is 27.6 Å².